The lowest BCUT2D eigenvalue weighted by molar-refractivity contribution is -0.141. The molecule has 2 fully saturated rings. The van der Waals surface area contributed by atoms with Crippen LogP contribution in [0.3, 0.4) is 0 Å². The molecule has 2 amide bonds. The number of methoxy groups -OCH3 is 1. The largest absolute Gasteiger partial charge is 0.480 e. The van der Waals surface area contributed by atoms with Crippen molar-refractivity contribution in [1.82, 2.24) is 9.80 Å². The molecule has 2 aliphatic heterocycles. The Kier molecular flexibility index (Phi) is 4.76. The highest BCUT2D eigenvalue weighted by atomic mass is 16.5. The van der Waals surface area contributed by atoms with Crippen LogP contribution in [-0.4, -0.2) is 65.3 Å². The molecule has 6 heteroatoms. The van der Waals surface area contributed by atoms with Crippen LogP contribution in [0.25, 0.3) is 0 Å². The lowest BCUT2D eigenvalue weighted by Gasteiger charge is -2.43. The third-order valence-corrected chi connectivity index (χ3v) is 4.97. The number of carbonyl (C=O) groups is 2. The van der Waals surface area contributed by atoms with Gasteiger partial charge in [0.25, 0.3) is 0 Å². The molecule has 0 saturated carbocycles. The fourth-order valence-corrected chi connectivity index (χ4v) is 3.55. The maximum absolute atomic E-state index is 12.8. The van der Waals surface area contributed by atoms with Crippen molar-refractivity contribution in [2.24, 2.45) is 11.8 Å². The van der Waals surface area contributed by atoms with E-state index < -0.39 is 12.0 Å². The maximum Gasteiger partial charge on any atom is 0.326 e. The summed E-state index contributed by atoms with van der Waals surface area (Å²) in [6.45, 7) is 7.40. The zero-order valence-electron chi connectivity index (χ0n) is 13.3. The first-order chi connectivity index (χ1) is 9.85. The summed E-state index contributed by atoms with van der Waals surface area (Å²) >= 11 is 0. The number of carbonyl (C=O) groups excluding carboxylic acids is 1. The van der Waals surface area contributed by atoms with Crippen molar-refractivity contribution < 1.29 is 19.4 Å². The minimum absolute atomic E-state index is 0.143. The SMILES string of the molecule is COC1CC(C(=O)O)N(C(=O)N2CC(C)CC(C)C2C)C1. The summed E-state index contributed by atoms with van der Waals surface area (Å²) in [6, 6.07) is -0.792. The number of carboxylic acid groups (broad SMARTS) is 1. The minimum Gasteiger partial charge on any atom is -0.480 e. The Hall–Kier alpha value is -1.30. The smallest absolute Gasteiger partial charge is 0.326 e. The molecule has 2 heterocycles. The highest BCUT2D eigenvalue weighted by Gasteiger charge is 2.43. The molecule has 5 atom stereocenters. The van der Waals surface area contributed by atoms with Crippen molar-refractivity contribution in [2.45, 2.75) is 51.8 Å². The van der Waals surface area contributed by atoms with Crippen LogP contribution in [0.2, 0.25) is 0 Å². The van der Waals surface area contributed by atoms with Crippen LogP contribution in [0.5, 0.6) is 0 Å². The van der Waals surface area contributed by atoms with E-state index in [1.807, 2.05) is 11.8 Å². The summed E-state index contributed by atoms with van der Waals surface area (Å²) < 4.78 is 5.25. The molecule has 21 heavy (non-hydrogen) atoms. The second-order valence-electron chi connectivity index (χ2n) is 6.59. The molecule has 0 aliphatic carbocycles. The molecule has 0 radical (unpaired) electrons. The first kappa shape index (κ1) is 16.1. The summed E-state index contributed by atoms with van der Waals surface area (Å²) in [7, 11) is 1.56. The van der Waals surface area contributed by atoms with Gasteiger partial charge in [0.1, 0.15) is 6.04 Å². The van der Waals surface area contributed by atoms with Gasteiger partial charge in [0.15, 0.2) is 0 Å². The fraction of sp³-hybridized carbons (Fsp3) is 0.867. The van der Waals surface area contributed by atoms with Crippen molar-refractivity contribution in [1.29, 1.82) is 0 Å². The van der Waals surface area contributed by atoms with Crippen molar-refractivity contribution in [3.8, 4) is 0 Å². The summed E-state index contributed by atoms with van der Waals surface area (Å²) in [5.74, 6) is -0.0697. The number of hydrogen-bond acceptors (Lipinski definition) is 3. The summed E-state index contributed by atoms with van der Waals surface area (Å²) in [6.07, 6.45) is 1.28. The van der Waals surface area contributed by atoms with Crippen LogP contribution < -0.4 is 0 Å². The normalized spacial score (nSPS) is 36.9. The monoisotopic (exact) mass is 298 g/mol. The van der Waals surface area contributed by atoms with Gasteiger partial charge in [-0.2, -0.15) is 0 Å². The van der Waals surface area contributed by atoms with Gasteiger partial charge in [-0.3, -0.25) is 0 Å². The topological polar surface area (TPSA) is 70.1 Å². The maximum atomic E-state index is 12.8. The van der Waals surface area contributed by atoms with Gasteiger partial charge in [-0.05, 0) is 25.2 Å². The van der Waals surface area contributed by atoms with Gasteiger partial charge >= 0.3 is 12.0 Å². The molecule has 2 rings (SSSR count). The van der Waals surface area contributed by atoms with Crippen molar-refractivity contribution >= 4 is 12.0 Å². The first-order valence-electron chi connectivity index (χ1n) is 7.68. The predicted molar refractivity (Wildman–Crippen MR) is 78.1 cm³/mol. The van der Waals surface area contributed by atoms with Gasteiger partial charge in [0.2, 0.25) is 0 Å². The van der Waals surface area contributed by atoms with E-state index in [0.717, 1.165) is 6.42 Å². The van der Waals surface area contributed by atoms with Gasteiger partial charge < -0.3 is 19.6 Å². The number of rotatable bonds is 2. The van der Waals surface area contributed by atoms with Gasteiger partial charge in [-0.25, -0.2) is 9.59 Å². The van der Waals surface area contributed by atoms with E-state index >= 15 is 0 Å². The van der Waals surface area contributed by atoms with Gasteiger partial charge in [0, 0.05) is 32.7 Å². The van der Waals surface area contributed by atoms with E-state index in [-0.39, 0.29) is 18.2 Å². The second-order valence-corrected chi connectivity index (χ2v) is 6.59. The van der Waals surface area contributed by atoms with Crippen molar-refractivity contribution in [3.05, 3.63) is 0 Å². The highest BCUT2D eigenvalue weighted by molar-refractivity contribution is 5.83. The number of likely N-dealkylation sites (tertiary alicyclic amines) is 2. The molecule has 0 bridgehead atoms. The van der Waals surface area contributed by atoms with Gasteiger partial charge in [-0.1, -0.05) is 13.8 Å². The van der Waals surface area contributed by atoms with E-state index in [1.165, 1.54) is 4.90 Å². The third kappa shape index (κ3) is 3.15. The van der Waals surface area contributed by atoms with Crippen LogP contribution in [0.4, 0.5) is 4.79 Å². The van der Waals surface area contributed by atoms with Crippen molar-refractivity contribution in [2.75, 3.05) is 20.2 Å². The second kappa shape index (κ2) is 6.22. The Balaban J connectivity index is 2.15. The van der Waals surface area contributed by atoms with Crippen LogP contribution >= 0.6 is 0 Å². The highest BCUT2D eigenvalue weighted by Crippen LogP contribution is 2.30. The molecule has 1 N–H and O–H groups in total. The average molecular weight is 298 g/mol. The Morgan fingerprint density at radius 1 is 1.10 bits per heavy atom. The zero-order valence-corrected chi connectivity index (χ0v) is 13.3. The number of nitrogens with zero attached hydrogens (tertiary/aromatic N) is 2. The minimum atomic E-state index is -0.950. The Bertz CT molecular complexity index is 414. The predicted octanol–water partition coefficient (Wildman–Crippen LogP) is 1.65. The summed E-state index contributed by atoms with van der Waals surface area (Å²) in [5, 5.41) is 9.35. The zero-order chi connectivity index (χ0) is 15.7. The number of aliphatic carboxylic acids is 1. The molecule has 0 aromatic rings. The number of hydrogen-bond donors (Lipinski definition) is 1. The van der Waals surface area contributed by atoms with Crippen LogP contribution in [0.1, 0.15) is 33.6 Å². The molecular formula is C15H26N2O4. The standard InChI is InChI=1S/C15H26N2O4/c1-9-5-10(2)11(3)16(7-9)15(20)17-8-12(21-4)6-13(17)14(18)19/h9-13H,5-8H2,1-4H3,(H,18,19). The number of carboxylic acids is 1. The molecule has 120 valence electrons. The number of urea groups is 1. The molecule has 6 nitrogen and oxygen atoms in total. The Morgan fingerprint density at radius 2 is 1.76 bits per heavy atom. The van der Waals surface area contributed by atoms with Crippen LogP contribution in [-0.2, 0) is 9.53 Å². The lowest BCUT2D eigenvalue weighted by Crippen LogP contribution is -2.55. The third-order valence-electron chi connectivity index (χ3n) is 4.97. The number of amides is 2. The summed E-state index contributed by atoms with van der Waals surface area (Å²) in [4.78, 5) is 27.5. The average Bonchev–Trinajstić information content (AvgIpc) is 2.86. The van der Waals surface area contributed by atoms with E-state index in [2.05, 4.69) is 13.8 Å². The van der Waals surface area contributed by atoms with E-state index in [9.17, 15) is 14.7 Å². The van der Waals surface area contributed by atoms with E-state index in [4.69, 9.17) is 4.74 Å². The Labute approximate surface area is 126 Å². The quantitative estimate of drug-likeness (QED) is 0.841. The number of piperidine rings is 1. The number of ether oxygens (including phenoxy) is 1. The molecule has 2 aliphatic rings. The first-order valence-corrected chi connectivity index (χ1v) is 7.68. The van der Waals surface area contributed by atoms with Crippen LogP contribution in [0.15, 0.2) is 0 Å². The van der Waals surface area contributed by atoms with Crippen LogP contribution in [0, 0.1) is 11.8 Å². The Morgan fingerprint density at radius 3 is 2.33 bits per heavy atom. The lowest BCUT2D eigenvalue weighted by atomic mass is 9.86. The van der Waals surface area contributed by atoms with E-state index in [0.29, 0.717) is 31.3 Å². The van der Waals surface area contributed by atoms with Gasteiger partial charge in [0.05, 0.1) is 6.10 Å². The fourth-order valence-electron chi connectivity index (χ4n) is 3.55. The molecule has 0 aromatic carbocycles. The molecule has 5 unspecified atom stereocenters. The molecule has 2 saturated heterocycles. The van der Waals surface area contributed by atoms with Crippen molar-refractivity contribution in [3.63, 3.8) is 0 Å². The molecule has 0 spiro atoms. The van der Waals surface area contributed by atoms with E-state index in [1.54, 1.807) is 7.11 Å². The van der Waals surface area contributed by atoms with Gasteiger partial charge in [-0.15, -0.1) is 0 Å². The molecule has 0 aromatic heterocycles. The summed E-state index contributed by atoms with van der Waals surface area (Å²) in [5.41, 5.74) is 0. The molecular weight excluding hydrogens is 272 g/mol.